The minimum absolute atomic E-state index is 0.0189. The van der Waals surface area contributed by atoms with Gasteiger partial charge in [-0.3, -0.25) is 4.79 Å². The highest BCUT2D eigenvalue weighted by molar-refractivity contribution is 6.08. The fourth-order valence-electron chi connectivity index (χ4n) is 5.42. The van der Waals surface area contributed by atoms with Crippen LogP contribution in [0.3, 0.4) is 0 Å². The number of pyridine rings is 1. The van der Waals surface area contributed by atoms with E-state index in [0.29, 0.717) is 17.5 Å². The van der Waals surface area contributed by atoms with Gasteiger partial charge in [-0.15, -0.1) is 0 Å². The first-order valence-corrected chi connectivity index (χ1v) is 13.7. The number of imide groups is 1. The van der Waals surface area contributed by atoms with Gasteiger partial charge in [-0.1, -0.05) is 6.07 Å². The molecule has 1 aromatic carbocycles. The number of nitriles is 1. The Kier molecular flexibility index (Phi) is 7.53. The number of nitrogens with one attached hydrogen (secondary N) is 1. The van der Waals surface area contributed by atoms with E-state index >= 15 is 4.39 Å². The molecule has 0 radical (unpaired) electrons. The number of rotatable bonds is 5. The molecule has 2 aliphatic rings. The third-order valence-corrected chi connectivity index (χ3v) is 7.46. The van der Waals surface area contributed by atoms with Crippen molar-refractivity contribution in [1.82, 2.24) is 24.6 Å². The highest BCUT2D eigenvalue weighted by atomic mass is 19.1. The van der Waals surface area contributed by atoms with Crippen LogP contribution < -0.4 is 5.32 Å². The number of fused-ring (bicyclic) bond motifs is 1. The van der Waals surface area contributed by atoms with Crippen molar-refractivity contribution in [3.8, 4) is 23.0 Å². The van der Waals surface area contributed by atoms with Crippen molar-refractivity contribution in [3.05, 3.63) is 59.2 Å². The Morgan fingerprint density at radius 3 is 2.56 bits per heavy atom. The summed E-state index contributed by atoms with van der Waals surface area (Å²) >= 11 is 0. The number of ether oxygens (including phenoxy) is 1. The summed E-state index contributed by atoms with van der Waals surface area (Å²) in [5.41, 5.74) is 0.259. The Balaban J connectivity index is 1.52. The molecule has 0 bridgehead atoms. The second kappa shape index (κ2) is 10.9. The van der Waals surface area contributed by atoms with Crippen LogP contribution in [0.5, 0.6) is 0 Å². The zero-order valence-electron chi connectivity index (χ0n) is 23.9. The smallest absolute Gasteiger partial charge is 0.417 e. The number of aromatic nitrogens is 3. The molecule has 5 rings (SSSR count). The second-order valence-corrected chi connectivity index (χ2v) is 11.8. The van der Waals surface area contributed by atoms with Crippen LogP contribution >= 0.6 is 0 Å². The molecule has 0 atom stereocenters. The largest absolute Gasteiger partial charge is 0.443 e. The van der Waals surface area contributed by atoms with Crippen LogP contribution in [0, 0.1) is 17.1 Å². The van der Waals surface area contributed by atoms with Gasteiger partial charge >= 0.3 is 6.09 Å². The third kappa shape index (κ3) is 5.79. The van der Waals surface area contributed by atoms with E-state index in [1.807, 2.05) is 12.1 Å². The van der Waals surface area contributed by atoms with Gasteiger partial charge in [-0.05, 0) is 78.7 Å². The lowest BCUT2D eigenvalue weighted by atomic mass is 9.90. The number of hydrogen-bond donors (Lipinski definition) is 1. The summed E-state index contributed by atoms with van der Waals surface area (Å²) in [5, 5.41) is 17.8. The van der Waals surface area contributed by atoms with E-state index in [4.69, 9.17) is 9.84 Å². The lowest BCUT2D eigenvalue weighted by Crippen LogP contribution is -2.37. The molecule has 1 N–H and O–H groups in total. The summed E-state index contributed by atoms with van der Waals surface area (Å²) in [6, 6.07) is 10.4. The van der Waals surface area contributed by atoms with Crippen molar-refractivity contribution in [2.45, 2.75) is 70.7 Å². The van der Waals surface area contributed by atoms with Gasteiger partial charge in [0.2, 0.25) is 0 Å². The molecule has 10 nitrogen and oxygen atoms in total. The van der Waals surface area contributed by atoms with Crippen molar-refractivity contribution in [2.75, 3.05) is 19.4 Å². The Bertz CT molecular complexity index is 1530. The van der Waals surface area contributed by atoms with Gasteiger partial charge in [0.25, 0.3) is 5.91 Å². The molecule has 0 saturated heterocycles. The maximum atomic E-state index is 15.0. The van der Waals surface area contributed by atoms with E-state index in [0.717, 1.165) is 30.6 Å². The highest BCUT2D eigenvalue weighted by Crippen LogP contribution is 2.34. The van der Waals surface area contributed by atoms with E-state index in [1.54, 1.807) is 27.0 Å². The van der Waals surface area contributed by atoms with Crippen molar-refractivity contribution in [3.63, 3.8) is 0 Å². The topological polar surface area (TPSA) is 116 Å². The van der Waals surface area contributed by atoms with E-state index in [-0.39, 0.29) is 40.7 Å². The number of carbonyl (C=O) groups excluding carboxylic acids is 2. The molecule has 1 saturated carbocycles. The number of carbonyl (C=O) groups is 2. The molecule has 1 fully saturated rings. The van der Waals surface area contributed by atoms with Crippen LogP contribution in [-0.4, -0.2) is 68.3 Å². The zero-order valence-corrected chi connectivity index (χ0v) is 23.9. The van der Waals surface area contributed by atoms with Crippen LogP contribution in [0.4, 0.5) is 15.0 Å². The highest BCUT2D eigenvalue weighted by Gasteiger charge is 2.39. The average molecular weight is 560 g/mol. The van der Waals surface area contributed by atoms with Crippen LogP contribution in [-0.2, 0) is 11.3 Å². The quantitative estimate of drug-likeness (QED) is 0.458. The lowest BCUT2D eigenvalue weighted by Gasteiger charge is -2.32. The van der Waals surface area contributed by atoms with Gasteiger partial charge in [0.1, 0.15) is 17.2 Å². The van der Waals surface area contributed by atoms with E-state index in [2.05, 4.69) is 29.3 Å². The Morgan fingerprint density at radius 2 is 1.90 bits per heavy atom. The first-order chi connectivity index (χ1) is 19.4. The molecule has 0 spiro atoms. The fourth-order valence-corrected chi connectivity index (χ4v) is 5.42. The van der Waals surface area contributed by atoms with Crippen LogP contribution in [0.2, 0.25) is 0 Å². The molecule has 2 amide bonds. The Morgan fingerprint density at radius 1 is 1.17 bits per heavy atom. The number of halogens is 1. The van der Waals surface area contributed by atoms with Crippen molar-refractivity contribution in [1.29, 1.82) is 5.26 Å². The van der Waals surface area contributed by atoms with Crippen molar-refractivity contribution in [2.24, 2.45) is 0 Å². The summed E-state index contributed by atoms with van der Waals surface area (Å²) < 4.78 is 22.0. The lowest BCUT2D eigenvalue weighted by molar-refractivity contribution is 0.0247. The summed E-state index contributed by atoms with van der Waals surface area (Å²) in [5.74, 6) is -0.556. The molecular weight excluding hydrogens is 525 g/mol. The van der Waals surface area contributed by atoms with E-state index in [1.165, 1.54) is 28.9 Å². The molecule has 3 heterocycles. The number of nitrogens with zero attached hydrogens (tertiary/aromatic N) is 6. The number of hydrogen-bond acceptors (Lipinski definition) is 8. The van der Waals surface area contributed by atoms with Gasteiger partial charge in [-0.25, -0.2) is 23.8 Å². The first-order valence-electron chi connectivity index (χ1n) is 13.7. The maximum Gasteiger partial charge on any atom is 0.417 e. The molecule has 1 aliphatic carbocycles. The Labute approximate surface area is 238 Å². The molecule has 214 valence electrons. The SMILES string of the molecule is CN(C)C1CCC(Nc2ccn(-c3cc(-c4c(F)cccc4C#N)nc4c3C(=O)N(C(=O)OC(C)(C)C)C4)n2)CC1. The molecule has 3 aromatic rings. The van der Waals surface area contributed by atoms with Crippen LogP contribution in [0.1, 0.15) is 68.1 Å². The molecule has 11 heteroatoms. The number of amides is 2. The average Bonchev–Trinajstić information content (AvgIpc) is 3.51. The van der Waals surface area contributed by atoms with Gasteiger partial charge in [0.15, 0.2) is 0 Å². The monoisotopic (exact) mass is 559 g/mol. The Hall–Kier alpha value is -4.30. The molecule has 1 aliphatic heterocycles. The number of benzene rings is 1. The van der Waals surface area contributed by atoms with Gasteiger partial charge in [-0.2, -0.15) is 10.4 Å². The van der Waals surface area contributed by atoms with E-state index in [9.17, 15) is 14.9 Å². The number of anilines is 1. The van der Waals surface area contributed by atoms with Gasteiger partial charge in [0, 0.05) is 24.3 Å². The summed E-state index contributed by atoms with van der Waals surface area (Å²) in [7, 11) is 4.21. The van der Waals surface area contributed by atoms with Crippen molar-refractivity contribution >= 4 is 17.8 Å². The molecular formula is C30H34FN7O3. The normalized spacial score (nSPS) is 18.8. The molecule has 2 aromatic heterocycles. The third-order valence-electron chi connectivity index (χ3n) is 7.46. The van der Waals surface area contributed by atoms with E-state index < -0.39 is 23.4 Å². The predicted molar refractivity (Wildman–Crippen MR) is 151 cm³/mol. The molecule has 0 unspecified atom stereocenters. The zero-order chi connectivity index (χ0) is 29.5. The van der Waals surface area contributed by atoms with Gasteiger partial charge < -0.3 is 15.0 Å². The summed E-state index contributed by atoms with van der Waals surface area (Å²) in [6.07, 6.45) is 5.11. The summed E-state index contributed by atoms with van der Waals surface area (Å²) in [6.45, 7) is 5.00. The standard InChI is InChI=1S/C30H34FN7O3/c1-30(2,3)41-29(40)37-17-23-27(28(37)39)24(15-22(34-23)26-18(16-32)7-6-8-21(26)31)38-14-13-25(35-38)33-19-9-11-20(12-10-19)36(4)5/h6-8,13-15,19-20H,9-12,17H2,1-5H3,(H,33,35). The maximum absolute atomic E-state index is 15.0. The minimum Gasteiger partial charge on any atom is -0.443 e. The van der Waals surface area contributed by atoms with Crippen molar-refractivity contribution < 1.29 is 18.7 Å². The predicted octanol–water partition coefficient (Wildman–Crippen LogP) is 5.12. The first kappa shape index (κ1) is 28.2. The van der Waals surface area contributed by atoms with Gasteiger partial charge in [0.05, 0.1) is 46.4 Å². The fraction of sp³-hybridized carbons (Fsp3) is 0.433. The van der Waals surface area contributed by atoms with Crippen LogP contribution in [0.25, 0.3) is 16.9 Å². The second-order valence-electron chi connectivity index (χ2n) is 11.8. The minimum atomic E-state index is -0.809. The van der Waals surface area contributed by atoms with Crippen LogP contribution in [0.15, 0.2) is 36.5 Å². The summed E-state index contributed by atoms with van der Waals surface area (Å²) in [4.78, 5) is 34.3. The molecule has 41 heavy (non-hydrogen) atoms.